The summed E-state index contributed by atoms with van der Waals surface area (Å²) in [5.74, 6) is 1.26. The first-order chi connectivity index (χ1) is 9.61. The minimum absolute atomic E-state index is 0.0460. The van der Waals surface area contributed by atoms with Crippen LogP contribution in [0.5, 0.6) is 5.75 Å². The number of rotatable bonds is 8. The zero-order chi connectivity index (χ0) is 14.8. The summed E-state index contributed by atoms with van der Waals surface area (Å²) in [6, 6.07) is 7.66. The molecule has 1 N–H and O–H groups in total. The van der Waals surface area contributed by atoms with Gasteiger partial charge in [-0.25, -0.2) is 5.43 Å². The van der Waals surface area contributed by atoms with Gasteiger partial charge in [-0.2, -0.15) is 5.10 Å². The van der Waals surface area contributed by atoms with Crippen molar-refractivity contribution in [3.05, 3.63) is 29.8 Å². The van der Waals surface area contributed by atoms with E-state index >= 15 is 0 Å². The molecule has 1 aromatic rings. The number of hydrogen-bond acceptors (Lipinski definition) is 3. The predicted molar refractivity (Wildman–Crippen MR) is 82.0 cm³/mol. The molecule has 1 amide bonds. The molecular formula is C16H24N2O2. The van der Waals surface area contributed by atoms with Crippen LogP contribution in [0.1, 0.15) is 45.6 Å². The first-order valence-corrected chi connectivity index (χ1v) is 7.16. The molecule has 0 aliphatic heterocycles. The van der Waals surface area contributed by atoms with Crippen LogP contribution in [0.15, 0.2) is 29.4 Å². The van der Waals surface area contributed by atoms with Gasteiger partial charge in [0.15, 0.2) is 0 Å². The van der Waals surface area contributed by atoms with Crippen molar-refractivity contribution in [2.45, 2.75) is 40.0 Å². The summed E-state index contributed by atoms with van der Waals surface area (Å²) in [4.78, 5) is 11.4. The normalized spacial score (nSPS) is 11.0. The third kappa shape index (κ3) is 6.92. The fourth-order valence-electron chi connectivity index (χ4n) is 1.52. The highest BCUT2D eigenvalue weighted by atomic mass is 16.5. The highest BCUT2D eigenvalue weighted by Crippen LogP contribution is 2.13. The van der Waals surface area contributed by atoms with Crippen LogP contribution in [0.4, 0.5) is 0 Å². The summed E-state index contributed by atoms with van der Waals surface area (Å²) >= 11 is 0. The summed E-state index contributed by atoms with van der Waals surface area (Å²) in [5, 5.41) is 3.95. The van der Waals surface area contributed by atoms with Crippen LogP contribution in [0.2, 0.25) is 0 Å². The largest absolute Gasteiger partial charge is 0.493 e. The summed E-state index contributed by atoms with van der Waals surface area (Å²) in [6.07, 6.45) is 4.05. The van der Waals surface area contributed by atoms with Gasteiger partial charge < -0.3 is 4.74 Å². The third-order valence-electron chi connectivity index (χ3n) is 2.60. The Kier molecular flexibility index (Phi) is 7.40. The molecule has 0 unspecified atom stereocenters. The lowest BCUT2D eigenvalue weighted by Gasteiger charge is -2.08. The zero-order valence-electron chi connectivity index (χ0n) is 12.6. The van der Waals surface area contributed by atoms with E-state index in [-0.39, 0.29) is 5.91 Å². The number of hydrogen-bond donors (Lipinski definition) is 1. The lowest BCUT2D eigenvalue weighted by Crippen LogP contribution is -2.16. The fourth-order valence-corrected chi connectivity index (χ4v) is 1.52. The summed E-state index contributed by atoms with van der Waals surface area (Å²) in [6.45, 7) is 6.96. The van der Waals surface area contributed by atoms with Crippen molar-refractivity contribution < 1.29 is 9.53 Å². The van der Waals surface area contributed by atoms with Crippen LogP contribution < -0.4 is 10.2 Å². The monoisotopic (exact) mass is 276 g/mol. The maximum absolute atomic E-state index is 11.4. The SMILES string of the molecule is CCCCC(=O)N/N=C/c1cccc(OCC(C)C)c1. The number of carbonyl (C=O) groups is 1. The molecule has 4 heteroatoms. The molecule has 0 saturated carbocycles. The molecule has 4 nitrogen and oxygen atoms in total. The second kappa shape index (κ2) is 9.13. The van der Waals surface area contributed by atoms with Gasteiger partial charge in [-0.05, 0) is 30.0 Å². The minimum Gasteiger partial charge on any atom is -0.493 e. The number of hydrazone groups is 1. The maximum Gasteiger partial charge on any atom is 0.240 e. The van der Waals surface area contributed by atoms with Crippen LogP contribution in [-0.2, 0) is 4.79 Å². The lowest BCUT2D eigenvalue weighted by molar-refractivity contribution is -0.121. The average molecular weight is 276 g/mol. The van der Waals surface area contributed by atoms with E-state index in [4.69, 9.17) is 4.74 Å². The molecule has 1 aromatic carbocycles. The van der Waals surface area contributed by atoms with E-state index in [1.54, 1.807) is 6.21 Å². The van der Waals surface area contributed by atoms with Crippen molar-refractivity contribution >= 4 is 12.1 Å². The van der Waals surface area contributed by atoms with Gasteiger partial charge >= 0.3 is 0 Å². The van der Waals surface area contributed by atoms with E-state index in [1.165, 1.54) is 0 Å². The van der Waals surface area contributed by atoms with Crippen LogP contribution >= 0.6 is 0 Å². The van der Waals surface area contributed by atoms with Crippen molar-refractivity contribution in [1.29, 1.82) is 0 Å². The molecule has 0 atom stereocenters. The van der Waals surface area contributed by atoms with Crippen molar-refractivity contribution in [1.82, 2.24) is 5.43 Å². The van der Waals surface area contributed by atoms with E-state index in [9.17, 15) is 4.79 Å². The second-order valence-electron chi connectivity index (χ2n) is 5.17. The molecule has 0 aliphatic rings. The van der Waals surface area contributed by atoms with Crippen LogP contribution in [0, 0.1) is 5.92 Å². The molecule has 0 heterocycles. The van der Waals surface area contributed by atoms with E-state index in [0.29, 0.717) is 18.9 Å². The Balaban J connectivity index is 2.46. The molecular weight excluding hydrogens is 252 g/mol. The van der Waals surface area contributed by atoms with E-state index in [0.717, 1.165) is 24.2 Å². The smallest absolute Gasteiger partial charge is 0.240 e. The number of nitrogens with one attached hydrogen (secondary N) is 1. The molecule has 20 heavy (non-hydrogen) atoms. The average Bonchev–Trinajstić information content (AvgIpc) is 2.43. The lowest BCUT2D eigenvalue weighted by atomic mass is 10.2. The Hall–Kier alpha value is -1.84. The van der Waals surface area contributed by atoms with Crippen molar-refractivity contribution in [2.24, 2.45) is 11.0 Å². The molecule has 0 radical (unpaired) electrons. The third-order valence-corrected chi connectivity index (χ3v) is 2.60. The highest BCUT2D eigenvalue weighted by Gasteiger charge is 1.99. The Morgan fingerprint density at radius 1 is 1.45 bits per heavy atom. The van der Waals surface area contributed by atoms with Gasteiger partial charge in [0.05, 0.1) is 12.8 Å². The topological polar surface area (TPSA) is 50.7 Å². The number of carbonyl (C=O) groups excluding carboxylic acids is 1. The minimum atomic E-state index is -0.0460. The van der Waals surface area contributed by atoms with Crippen molar-refractivity contribution in [3.63, 3.8) is 0 Å². The van der Waals surface area contributed by atoms with Crippen LogP contribution in [0.3, 0.4) is 0 Å². The molecule has 0 spiro atoms. The molecule has 0 aromatic heterocycles. The Morgan fingerprint density at radius 2 is 2.25 bits per heavy atom. The fraction of sp³-hybridized carbons (Fsp3) is 0.500. The van der Waals surface area contributed by atoms with E-state index in [2.05, 4.69) is 31.3 Å². The van der Waals surface area contributed by atoms with Crippen LogP contribution in [-0.4, -0.2) is 18.7 Å². The first-order valence-electron chi connectivity index (χ1n) is 7.16. The zero-order valence-corrected chi connectivity index (χ0v) is 12.6. The Labute approximate surface area is 121 Å². The molecule has 0 aliphatic carbocycles. The predicted octanol–water partition coefficient (Wildman–Crippen LogP) is 3.36. The summed E-state index contributed by atoms with van der Waals surface area (Å²) < 4.78 is 5.64. The molecule has 0 bridgehead atoms. The molecule has 0 saturated heterocycles. The van der Waals surface area contributed by atoms with Gasteiger partial charge in [-0.15, -0.1) is 0 Å². The number of amides is 1. The maximum atomic E-state index is 11.4. The van der Waals surface area contributed by atoms with Crippen molar-refractivity contribution in [2.75, 3.05) is 6.61 Å². The molecule has 1 rings (SSSR count). The van der Waals surface area contributed by atoms with Gasteiger partial charge in [0.2, 0.25) is 5.91 Å². The highest BCUT2D eigenvalue weighted by molar-refractivity contribution is 5.82. The van der Waals surface area contributed by atoms with Gasteiger partial charge in [-0.1, -0.05) is 39.3 Å². The van der Waals surface area contributed by atoms with Gasteiger partial charge in [0, 0.05) is 6.42 Å². The van der Waals surface area contributed by atoms with Gasteiger partial charge in [0.1, 0.15) is 5.75 Å². The molecule has 110 valence electrons. The summed E-state index contributed by atoms with van der Waals surface area (Å²) in [5.41, 5.74) is 3.43. The number of unbranched alkanes of at least 4 members (excludes halogenated alkanes) is 1. The first kappa shape index (κ1) is 16.2. The van der Waals surface area contributed by atoms with Gasteiger partial charge in [0.25, 0.3) is 0 Å². The standard InChI is InChI=1S/C16H24N2O2/c1-4-5-9-16(19)18-17-11-14-7-6-8-15(10-14)20-12-13(2)3/h6-8,10-11,13H,4-5,9,12H2,1-3H3,(H,18,19)/b17-11+. The Morgan fingerprint density at radius 3 is 2.95 bits per heavy atom. The second-order valence-corrected chi connectivity index (χ2v) is 5.17. The summed E-state index contributed by atoms with van der Waals surface area (Å²) in [7, 11) is 0. The van der Waals surface area contributed by atoms with E-state index in [1.807, 2.05) is 24.3 Å². The number of nitrogens with zero attached hydrogens (tertiary/aromatic N) is 1. The number of ether oxygens (including phenoxy) is 1. The van der Waals surface area contributed by atoms with Gasteiger partial charge in [-0.3, -0.25) is 4.79 Å². The Bertz CT molecular complexity index is 442. The molecule has 0 fully saturated rings. The van der Waals surface area contributed by atoms with Crippen molar-refractivity contribution in [3.8, 4) is 5.75 Å². The number of benzene rings is 1. The van der Waals surface area contributed by atoms with Crippen LogP contribution in [0.25, 0.3) is 0 Å². The quantitative estimate of drug-likeness (QED) is 0.584. The van der Waals surface area contributed by atoms with E-state index < -0.39 is 0 Å².